The molecule has 0 unspecified atom stereocenters. The molecule has 1 aliphatic carbocycles. The highest BCUT2D eigenvalue weighted by molar-refractivity contribution is 5.92. The molecule has 0 atom stereocenters. The summed E-state index contributed by atoms with van der Waals surface area (Å²) in [4.78, 5) is 12.2. The van der Waals surface area contributed by atoms with E-state index in [1.807, 2.05) is 18.2 Å². The Labute approximate surface area is 156 Å². The molecule has 1 aromatic heterocycles. The van der Waals surface area contributed by atoms with Crippen LogP contribution in [0.5, 0.6) is 17.2 Å². The number of aryl methyl sites for hydroxylation is 2. The quantitative estimate of drug-likeness (QED) is 0.755. The van der Waals surface area contributed by atoms with Gasteiger partial charge < -0.3 is 23.9 Å². The van der Waals surface area contributed by atoms with Gasteiger partial charge in [-0.15, -0.1) is 0 Å². The summed E-state index contributed by atoms with van der Waals surface area (Å²) in [5.41, 5.74) is 2.82. The fraction of sp³-hybridized carbons (Fsp3) is 0.286. The molecule has 0 saturated heterocycles. The lowest BCUT2D eigenvalue weighted by Gasteiger charge is -2.10. The van der Waals surface area contributed by atoms with Crippen molar-refractivity contribution in [2.75, 3.05) is 18.7 Å². The summed E-state index contributed by atoms with van der Waals surface area (Å²) in [7, 11) is 0. The minimum absolute atomic E-state index is 0.0695. The summed E-state index contributed by atoms with van der Waals surface area (Å²) >= 11 is 0. The predicted molar refractivity (Wildman–Crippen MR) is 99.5 cm³/mol. The van der Waals surface area contributed by atoms with E-state index in [1.54, 1.807) is 18.2 Å². The van der Waals surface area contributed by atoms with Crippen LogP contribution in [0.15, 0.2) is 40.8 Å². The molecule has 0 saturated carbocycles. The van der Waals surface area contributed by atoms with E-state index in [0.717, 1.165) is 29.6 Å². The zero-order chi connectivity index (χ0) is 18.2. The van der Waals surface area contributed by atoms with Crippen molar-refractivity contribution in [1.29, 1.82) is 0 Å². The van der Waals surface area contributed by atoms with Gasteiger partial charge in [0.1, 0.15) is 17.1 Å². The standard InChI is InChI=1S/C21H19NO5/c23-21(22-13-5-7-19-20(9-13)26-12-25-19)11-24-14-6-8-18-16(10-14)15-3-1-2-4-17(15)27-18/h5-10H,1-4,11-12H2,(H,22,23). The maximum absolute atomic E-state index is 12.2. The average Bonchev–Trinajstić information content (AvgIpc) is 3.30. The number of amides is 1. The molecule has 2 aromatic carbocycles. The number of anilines is 1. The van der Waals surface area contributed by atoms with E-state index in [2.05, 4.69) is 5.32 Å². The van der Waals surface area contributed by atoms with Gasteiger partial charge in [-0.25, -0.2) is 0 Å². The number of furan rings is 1. The largest absolute Gasteiger partial charge is 0.484 e. The number of carbonyl (C=O) groups excluding carboxylic acids is 1. The van der Waals surface area contributed by atoms with E-state index >= 15 is 0 Å². The summed E-state index contributed by atoms with van der Waals surface area (Å²) in [5, 5.41) is 3.90. The van der Waals surface area contributed by atoms with Crippen molar-refractivity contribution < 1.29 is 23.4 Å². The number of ether oxygens (including phenoxy) is 3. The summed E-state index contributed by atoms with van der Waals surface area (Å²) < 4.78 is 22.2. The first-order valence-corrected chi connectivity index (χ1v) is 9.13. The summed E-state index contributed by atoms with van der Waals surface area (Å²) in [6.45, 7) is 0.135. The zero-order valence-corrected chi connectivity index (χ0v) is 14.7. The van der Waals surface area contributed by atoms with E-state index < -0.39 is 0 Å². The Morgan fingerprint density at radius 1 is 1.04 bits per heavy atom. The molecule has 27 heavy (non-hydrogen) atoms. The van der Waals surface area contributed by atoms with E-state index in [-0.39, 0.29) is 19.3 Å². The van der Waals surface area contributed by atoms with Gasteiger partial charge in [-0.3, -0.25) is 4.79 Å². The van der Waals surface area contributed by atoms with E-state index in [0.29, 0.717) is 22.9 Å². The van der Waals surface area contributed by atoms with Crippen molar-refractivity contribution in [2.24, 2.45) is 0 Å². The van der Waals surface area contributed by atoms with Crippen LogP contribution >= 0.6 is 0 Å². The van der Waals surface area contributed by atoms with Crippen LogP contribution < -0.4 is 19.5 Å². The van der Waals surface area contributed by atoms with Crippen molar-refractivity contribution in [3.8, 4) is 17.2 Å². The molecule has 2 heterocycles. The molecule has 6 heteroatoms. The number of hydrogen-bond donors (Lipinski definition) is 1. The molecule has 0 spiro atoms. The fourth-order valence-electron chi connectivity index (χ4n) is 3.65. The Kier molecular flexibility index (Phi) is 3.89. The van der Waals surface area contributed by atoms with E-state index in [9.17, 15) is 4.79 Å². The lowest BCUT2D eigenvalue weighted by molar-refractivity contribution is -0.118. The zero-order valence-electron chi connectivity index (χ0n) is 14.7. The SMILES string of the molecule is O=C(COc1ccc2oc3c(c2c1)CCCC3)Nc1ccc2c(c1)OCO2. The van der Waals surface area contributed by atoms with Crippen molar-refractivity contribution >= 4 is 22.6 Å². The van der Waals surface area contributed by atoms with E-state index in [1.165, 1.54) is 18.4 Å². The van der Waals surface area contributed by atoms with Gasteiger partial charge in [0.2, 0.25) is 6.79 Å². The van der Waals surface area contributed by atoms with Gasteiger partial charge in [0.25, 0.3) is 5.91 Å². The second-order valence-electron chi connectivity index (χ2n) is 6.77. The van der Waals surface area contributed by atoms with Gasteiger partial charge in [-0.2, -0.15) is 0 Å². The summed E-state index contributed by atoms with van der Waals surface area (Å²) in [6.07, 6.45) is 4.40. The van der Waals surface area contributed by atoms with E-state index in [4.69, 9.17) is 18.6 Å². The fourth-order valence-corrected chi connectivity index (χ4v) is 3.65. The molecule has 0 radical (unpaired) electrons. The highest BCUT2D eigenvalue weighted by Crippen LogP contribution is 2.35. The van der Waals surface area contributed by atoms with Gasteiger partial charge in [0.15, 0.2) is 18.1 Å². The molecule has 1 amide bonds. The highest BCUT2D eigenvalue weighted by atomic mass is 16.7. The van der Waals surface area contributed by atoms with Gasteiger partial charge in [0.05, 0.1) is 0 Å². The second kappa shape index (κ2) is 6.54. The van der Waals surface area contributed by atoms with Gasteiger partial charge in [-0.05, 0) is 49.6 Å². The summed E-state index contributed by atoms with van der Waals surface area (Å²) in [5.74, 6) is 2.83. The topological polar surface area (TPSA) is 69.9 Å². The molecule has 0 bridgehead atoms. The molecule has 2 aliphatic rings. The molecule has 5 rings (SSSR count). The maximum atomic E-state index is 12.2. The Morgan fingerprint density at radius 2 is 1.93 bits per heavy atom. The number of carbonyl (C=O) groups is 1. The lowest BCUT2D eigenvalue weighted by Crippen LogP contribution is -2.20. The van der Waals surface area contributed by atoms with Crippen LogP contribution in [0.3, 0.4) is 0 Å². The minimum Gasteiger partial charge on any atom is -0.484 e. The Hall–Kier alpha value is -3.15. The molecular weight excluding hydrogens is 346 g/mol. The van der Waals surface area contributed by atoms with Crippen LogP contribution in [-0.2, 0) is 17.6 Å². The van der Waals surface area contributed by atoms with Crippen molar-refractivity contribution in [2.45, 2.75) is 25.7 Å². The first kappa shape index (κ1) is 16.1. The van der Waals surface area contributed by atoms with Crippen molar-refractivity contribution in [3.05, 3.63) is 47.7 Å². The monoisotopic (exact) mass is 365 g/mol. The molecular formula is C21H19NO5. The van der Waals surface area contributed by atoms with Crippen LogP contribution in [0.4, 0.5) is 5.69 Å². The molecule has 3 aromatic rings. The Morgan fingerprint density at radius 3 is 2.89 bits per heavy atom. The number of benzene rings is 2. The molecule has 1 aliphatic heterocycles. The number of hydrogen-bond acceptors (Lipinski definition) is 5. The second-order valence-corrected chi connectivity index (χ2v) is 6.77. The minimum atomic E-state index is -0.233. The molecule has 138 valence electrons. The number of rotatable bonds is 4. The average molecular weight is 365 g/mol. The highest BCUT2D eigenvalue weighted by Gasteiger charge is 2.18. The lowest BCUT2D eigenvalue weighted by atomic mass is 9.96. The Bertz CT molecular complexity index is 1020. The van der Waals surface area contributed by atoms with Gasteiger partial charge in [-0.1, -0.05) is 0 Å². The third-order valence-electron chi connectivity index (χ3n) is 4.95. The normalized spacial score (nSPS) is 14.8. The van der Waals surface area contributed by atoms with Crippen LogP contribution in [0.25, 0.3) is 11.0 Å². The first-order valence-electron chi connectivity index (χ1n) is 9.13. The third-order valence-corrected chi connectivity index (χ3v) is 4.95. The van der Waals surface area contributed by atoms with Gasteiger partial charge in [0, 0.05) is 29.1 Å². The molecule has 1 N–H and O–H groups in total. The van der Waals surface area contributed by atoms with Crippen LogP contribution in [0.2, 0.25) is 0 Å². The van der Waals surface area contributed by atoms with Crippen molar-refractivity contribution in [3.63, 3.8) is 0 Å². The van der Waals surface area contributed by atoms with Gasteiger partial charge >= 0.3 is 0 Å². The summed E-state index contributed by atoms with van der Waals surface area (Å²) in [6, 6.07) is 11.0. The molecule has 0 fully saturated rings. The maximum Gasteiger partial charge on any atom is 0.262 e. The smallest absolute Gasteiger partial charge is 0.262 e. The third kappa shape index (κ3) is 3.07. The molecule has 6 nitrogen and oxygen atoms in total. The Balaban J connectivity index is 1.26. The van der Waals surface area contributed by atoms with Crippen LogP contribution in [0, 0.1) is 0 Å². The number of nitrogens with one attached hydrogen (secondary N) is 1. The first-order chi connectivity index (χ1) is 13.3. The van der Waals surface area contributed by atoms with Crippen LogP contribution in [0.1, 0.15) is 24.2 Å². The number of fused-ring (bicyclic) bond motifs is 4. The predicted octanol–water partition coefficient (Wildman–Crippen LogP) is 4.06. The van der Waals surface area contributed by atoms with Crippen LogP contribution in [-0.4, -0.2) is 19.3 Å². The van der Waals surface area contributed by atoms with Crippen molar-refractivity contribution in [1.82, 2.24) is 0 Å².